The molecule has 0 spiro atoms. The molecule has 0 atom stereocenters. The summed E-state index contributed by atoms with van der Waals surface area (Å²) in [6.07, 6.45) is 6.75. The molecule has 0 saturated carbocycles. The summed E-state index contributed by atoms with van der Waals surface area (Å²) < 4.78 is 10.4. The van der Waals surface area contributed by atoms with Crippen LogP contribution in [0.15, 0.2) is 30.6 Å². The molecular formula is C9H15AlClNO+. The van der Waals surface area contributed by atoms with E-state index in [0.29, 0.717) is 0 Å². The molecule has 0 bridgehead atoms. The summed E-state index contributed by atoms with van der Waals surface area (Å²) in [4.78, 5) is 0. The fourth-order valence-electron chi connectivity index (χ4n) is 0.924. The van der Waals surface area contributed by atoms with E-state index in [-0.39, 0.29) is 12.4 Å². The average molecular weight is 216 g/mol. The second-order valence-corrected chi connectivity index (χ2v) is 2.47. The Bertz CT molecular complexity index is 196. The molecule has 1 rings (SSSR count). The molecule has 1 heterocycles. The van der Waals surface area contributed by atoms with E-state index < -0.39 is 0 Å². The molecular weight excluding hydrogens is 201 g/mol. The van der Waals surface area contributed by atoms with Gasteiger partial charge in [0.25, 0.3) is 0 Å². The third kappa shape index (κ3) is 8.11. The zero-order chi connectivity index (χ0) is 9.23. The van der Waals surface area contributed by atoms with Crippen LogP contribution >= 0.6 is 12.4 Å². The molecule has 0 saturated heterocycles. The second-order valence-electron chi connectivity index (χ2n) is 2.47. The molecule has 0 aromatic carbocycles. The Morgan fingerprint density at radius 3 is 2.15 bits per heavy atom. The molecule has 0 aliphatic rings. The van der Waals surface area contributed by atoms with Crippen LogP contribution < -0.4 is 4.57 Å². The van der Waals surface area contributed by atoms with Crippen LogP contribution in [-0.2, 0) is 10.3 Å². The molecule has 4 heteroatoms. The van der Waals surface area contributed by atoms with E-state index in [9.17, 15) is 0 Å². The van der Waals surface area contributed by atoms with Crippen molar-refractivity contribution in [3.8, 4) is 0 Å². The van der Waals surface area contributed by atoms with Crippen LogP contribution in [0.25, 0.3) is 0 Å². The maximum absolute atomic E-state index is 8.17. The summed E-state index contributed by atoms with van der Waals surface area (Å²) in [5, 5.41) is 0. The first kappa shape index (κ1) is 15.3. The number of aryl methyl sites for hydroxylation is 1. The fraction of sp³-hybridized carbons (Fsp3) is 0.444. The molecule has 13 heavy (non-hydrogen) atoms. The van der Waals surface area contributed by atoms with Gasteiger partial charge in [0.1, 0.15) is 6.54 Å². The van der Waals surface area contributed by atoms with Gasteiger partial charge < -0.3 is 0 Å². The normalized spacial score (nSPS) is 7.69. The Morgan fingerprint density at radius 2 is 1.69 bits per heavy atom. The van der Waals surface area contributed by atoms with Crippen molar-refractivity contribution in [2.75, 3.05) is 0 Å². The average Bonchev–Trinajstić information content (AvgIpc) is 2.19. The Morgan fingerprint density at radius 1 is 1.15 bits per heavy atom. The predicted octanol–water partition coefficient (Wildman–Crippen LogP) is 1.70. The van der Waals surface area contributed by atoms with Crippen LogP contribution in [0.5, 0.6) is 0 Å². The molecule has 1 aromatic rings. The van der Waals surface area contributed by atoms with Crippen molar-refractivity contribution in [2.24, 2.45) is 0 Å². The summed E-state index contributed by atoms with van der Waals surface area (Å²) >= 11 is 1.17. The van der Waals surface area contributed by atoms with Crippen LogP contribution in [0.1, 0.15) is 19.8 Å². The molecule has 71 valence electrons. The van der Waals surface area contributed by atoms with Crippen molar-refractivity contribution < 1.29 is 8.37 Å². The second kappa shape index (κ2) is 11.8. The summed E-state index contributed by atoms with van der Waals surface area (Å²) in [6, 6.07) is 6.17. The SMILES string of the molecule is CCCC[n+]1ccccc1.Cl.[O]=[Al]. The van der Waals surface area contributed by atoms with Crippen molar-refractivity contribution >= 4 is 28.6 Å². The predicted molar refractivity (Wildman–Crippen MR) is 55.2 cm³/mol. The molecule has 1 radical (unpaired) electrons. The van der Waals surface area contributed by atoms with Crippen LogP contribution in [0.3, 0.4) is 0 Å². The maximum atomic E-state index is 8.17. The number of hydrogen-bond acceptors (Lipinski definition) is 1. The number of rotatable bonds is 3. The Balaban J connectivity index is 0. The first-order valence-electron chi connectivity index (χ1n) is 4.11. The van der Waals surface area contributed by atoms with Gasteiger partial charge in [0.05, 0.1) is 0 Å². The van der Waals surface area contributed by atoms with Gasteiger partial charge in [-0.3, -0.25) is 0 Å². The fourth-order valence-corrected chi connectivity index (χ4v) is 0.924. The molecule has 0 N–H and O–H groups in total. The number of nitrogens with zero attached hydrogens (tertiary/aromatic N) is 1. The quantitative estimate of drug-likeness (QED) is 0.555. The molecule has 2 nitrogen and oxygen atoms in total. The number of unbranched alkanes of at least 4 members (excludes halogenated alkanes) is 1. The third-order valence-electron chi connectivity index (χ3n) is 1.55. The molecule has 0 fully saturated rings. The van der Waals surface area contributed by atoms with Crippen LogP contribution in [-0.4, -0.2) is 16.2 Å². The van der Waals surface area contributed by atoms with Gasteiger partial charge in [-0.2, -0.15) is 0 Å². The van der Waals surface area contributed by atoms with Crippen molar-refractivity contribution in [2.45, 2.75) is 26.3 Å². The number of pyridine rings is 1. The zero-order valence-electron chi connectivity index (χ0n) is 7.85. The van der Waals surface area contributed by atoms with E-state index in [1.165, 1.54) is 29.1 Å². The van der Waals surface area contributed by atoms with Crippen LogP contribution in [0.2, 0.25) is 0 Å². The van der Waals surface area contributed by atoms with Crippen molar-refractivity contribution in [1.29, 1.82) is 0 Å². The van der Waals surface area contributed by atoms with Gasteiger partial charge in [0, 0.05) is 18.6 Å². The molecule has 0 amide bonds. The van der Waals surface area contributed by atoms with Gasteiger partial charge >= 0.3 is 20.0 Å². The van der Waals surface area contributed by atoms with E-state index in [0.717, 1.165) is 6.54 Å². The monoisotopic (exact) mass is 215 g/mol. The van der Waals surface area contributed by atoms with Gasteiger partial charge in [0.15, 0.2) is 12.4 Å². The number of aromatic nitrogens is 1. The molecule has 0 aliphatic heterocycles. The topological polar surface area (TPSA) is 20.9 Å². The molecule has 1 aromatic heterocycles. The van der Waals surface area contributed by atoms with Crippen molar-refractivity contribution in [3.63, 3.8) is 0 Å². The standard InChI is InChI=1S/C9H14N.Al.ClH.O/c1-2-3-7-10-8-5-4-6-9-10;;;/h4-6,8-9H,2-3,7H2,1H3;;1H;/q+1;;;. The van der Waals surface area contributed by atoms with E-state index in [1.807, 2.05) is 6.07 Å². The van der Waals surface area contributed by atoms with Gasteiger partial charge in [-0.15, -0.1) is 12.4 Å². The first-order chi connectivity index (χ1) is 5.93. The number of halogens is 1. The first-order valence-corrected chi connectivity index (χ1v) is 4.58. The van der Waals surface area contributed by atoms with Gasteiger partial charge in [-0.05, 0) is 0 Å². The van der Waals surface area contributed by atoms with Crippen LogP contribution in [0, 0.1) is 0 Å². The molecule has 0 aliphatic carbocycles. The van der Waals surface area contributed by atoms with Crippen LogP contribution in [0.4, 0.5) is 0 Å². The molecule has 0 unspecified atom stereocenters. The van der Waals surface area contributed by atoms with Gasteiger partial charge in [-0.1, -0.05) is 19.4 Å². The number of hydrogen-bond donors (Lipinski definition) is 0. The van der Waals surface area contributed by atoms with E-state index >= 15 is 0 Å². The van der Waals surface area contributed by atoms with Crippen molar-refractivity contribution in [1.82, 2.24) is 0 Å². The summed E-state index contributed by atoms with van der Waals surface area (Å²) in [7, 11) is 0. The summed E-state index contributed by atoms with van der Waals surface area (Å²) in [5.41, 5.74) is 0. The Labute approximate surface area is 94.0 Å². The van der Waals surface area contributed by atoms with Crippen molar-refractivity contribution in [3.05, 3.63) is 30.6 Å². The van der Waals surface area contributed by atoms with E-state index in [4.69, 9.17) is 3.80 Å². The summed E-state index contributed by atoms with van der Waals surface area (Å²) in [5.74, 6) is 0. The summed E-state index contributed by atoms with van der Waals surface area (Å²) in [6.45, 7) is 3.36. The Kier molecular flexibility index (Phi) is 13.8. The minimum absolute atomic E-state index is 0. The Hall–Kier alpha value is -0.228. The van der Waals surface area contributed by atoms with E-state index in [1.54, 1.807) is 0 Å². The zero-order valence-corrected chi connectivity index (χ0v) is 9.82. The third-order valence-corrected chi connectivity index (χ3v) is 1.55. The van der Waals surface area contributed by atoms with E-state index in [2.05, 4.69) is 36.0 Å². The van der Waals surface area contributed by atoms with Gasteiger partial charge in [0.2, 0.25) is 0 Å². The minimum atomic E-state index is 0. The van der Waals surface area contributed by atoms with Gasteiger partial charge in [-0.25, -0.2) is 4.57 Å².